The summed E-state index contributed by atoms with van der Waals surface area (Å²) in [6, 6.07) is 7.59. The van der Waals surface area contributed by atoms with Crippen molar-refractivity contribution in [3.63, 3.8) is 0 Å². The fraction of sp³-hybridized carbons (Fsp3) is 0.412. The van der Waals surface area contributed by atoms with Crippen LogP contribution in [0.2, 0.25) is 0 Å². The number of methoxy groups -OCH3 is 1. The summed E-state index contributed by atoms with van der Waals surface area (Å²) in [5.41, 5.74) is 1.86. The maximum Gasteiger partial charge on any atom is 0.307 e. The van der Waals surface area contributed by atoms with Gasteiger partial charge in [0.2, 0.25) is 5.91 Å². The van der Waals surface area contributed by atoms with Gasteiger partial charge in [0.25, 0.3) is 0 Å². The molecule has 0 unspecified atom stereocenters. The van der Waals surface area contributed by atoms with Crippen LogP contribution in [0.4, 0.5) is 0 Å². The Morgan fingerprint density at radius 3 is 2.70 bits per heavy atom. The first-order valence-corrected chi connectivity index (χ1v) is 8.37. The second kappa shape index (κ2) is 7.46. The van der Waals surface area contributed by atoms with Gasteiger partial charge in [0.15, 0.2) is 0 Å². The maximum absolute atomic E-state index is 12.4. The van der Waals surface area contributed by atoms with Crippen molar-refractivity contribution in [2.45, 2.75) is 32.9 Å². The molecule has 1 atom stereocenters. The Morgan fingerprint density at radius 1 is 1.39 bits per heavy atom. The van der Waals surface area contributed by atoms with E-state index >= 15 is 0 Å². The Labute approximate surface area is 140 Å². The highest BCUT2D eigenvalue weighted by Gasteiger charge is 2.20. The summed E-state index contributed by atoms with van der Waals surface area (Å²) in [4.78, 5) is 25.8. The highest BCUT2D eigenvalue weighted by molar-refractivity contribution is 7.07. The van der Waals surface area contributed by atoms with Gasteiger partial charge in [0.1, 0.15) is 5.75 Å². The minimum absolute atomic E-state index is 0.000839. The van der Waals surface area contributed by atoms with Crippen molar-refractivity contribution in [1.82, 2.24) is 9.47 Å². The maximum atomic E-state index is 12.4. The molecule has 2 rings (SSSR count). The van der Waals surface area contributed by atoms with Crippen LogP contribution in [0.3, 0.4) is 0 Å². The monoisotopic (exact) mass is 334 g/mol. The molecule has 0 bridgehead atoms. The Kier molecular flexibility index (Phi) is 5.60. The van der Waals surface area contributed by atoms with Gasteiger partial charge in [-0.25, -0.2) is 0 Å². The first-order valence-electron chi connectivity index (χ1n) is 7.49. The molecule has 0 saturated carbocycles. The van der Waals surface area contributed by atoms with E-state index in [1.807, 2.05) is 43.5 Å². The SMILES string of the molecule is COc1ccccc1[C@@H](C)N(C)C(=O)CCn1c(C)csc1=O. The zero-order valence-corrected chi connectivity index (χ0v) is 14.7. The van der Waals surface area contributed by atoms with Crippen LogP contribution in [0.25, 0.3) is 0 Å². The first kappa shape index (κ1) is 17.3. The lowest BCUT2D eigenvalue weighted by atomic mass is 10.1. The lowest BCUT2D eigenvalue weighted by Gasteiger charge is -2.26. The van der Waals surface area contributed by atoms with Crippen LogP contribution in [0.1, 0.15) is 30.6 Å². The molecule has 23 heavy (non-hydrogen) atoms. The van der Waals surface area contributed by atoms with E-state index in [9.17, 15) is 9.59 Å². The third-order valence-corrected chi connectivity index (χ3v) is 4.97. The molecule has 0 fully saturated rings. The third kappa shape index (κ3) is 3.82. The Morgan fingerprint density at radius 2 is 2.09 bits per heavy atom. The summed E-state index contributed by atoms with van der Waals surface area (Å²) in [6.45, 7) is 4.26. The highest BCUT2D eigenvalue weighted by atomic mass is 32.1. The van der Waals surface area contributed by atoms with E-state index < -0.39 is 0 Å². The summed E-state index contributed by atoms with van der Waals surface area (Å²) in [7, 11) is 3.40. The first-order chi connectivity index (χ1) is 11.0. The van der Waals surface area contributed by atoms with E-state index in [4.69, 9.17) is 4.74 Å². The van der Waals surface area contributed by atoms with Crippen LogP contribution in [0.15, 0.2) is 34.4 Å². The van der Waals surface area contributed by atoms with Crippen molar-refractivity contribution >= 4 is 17.2 Å². The van der Waals surface area contributed by atoms with E-state index in [1.54, 1.807) is 23.6 Å². The molecule has 1 amide bonds. The Bertz CT molecular complexity index is 735. The van der Waals surface area contributed by atoms with Gasteiger partial charge in [-0.05, 0) is 19.9 Å². The van der Waals surface area contributed by atoms with Crippen LogP contribution >= 0.6 is 11.3 Å². The molecule has 0 radical (unpaired) electrons. The number of thiazole rings is 1. The van der Waals surface area contributed by atoms with Gasteiger partial charge in [-0.2, -0.15) is 0 Å². The average Bonchev–Trinajstić information content (AvgIpc) is 2.89. The predicted molar refractivity (Wildman–Crippen MR) is 92.1 cm³/mol. The van der Waals surface area contributed by atoms with Crippen LogP contribution in [-0.4, -0.2) is 29.5 Å². The second-order valence-electron chi connectivity index (χ2n) is 5.47. The average molecular weight is 334 g/mol. The molecule has 5 nitrogen and oxygen atoms in total. The number of para-hydroxylation sites is 1. The molecule has 0 N–H and O–H groups in total. The van der Waals surface area contributed by atoms with Crippen molar-refractivity contribution in [2.75, 3.05) is 14.2 Å². The number of hydrogen-bond donors (Lipinski definition) is 0. The van der Waals surface area contributed by atoms with Crippen LogP contribution in [-0.2, 0) is 11.3 Å². The molecule has 0 aliphatic carbocycles. The molecule has 0 spiro atoms. The minimum Gasteiger partial charge on any atom is -0.496 e. The predicted octanol–water partition coefficient (Wildman–Crippen LogP) is 2.84. The lowest BCUT2D eigenvalue weighted by molar-refractivity contribution is -0.132. The molecule has 2 aromatic rings. The van der Waals surface area contributed by atoms with E-state index in [0.717, 1.165) is 17.0 Å². The van der Waals surface area contributed by atoms with Crippen molar-refractivity contribution < 1.29 is 9.53 Å². The highest BCUT2D eigenvalue weighted by Crippen LogP contribution is 2.28. The Balaban J connectivity index is 2.06. The number of aryl methyl sites for hydroxylation is 1. The molecule has 0 saturated heterocycles. The number of carbonyl (C=O) groups excluding carboxylic acids is 1. The summed E-state index contributed by atoms with van der Waals surface area (Å²) in [5.74, 6) is 0.769. The van der Waals surface area contributed by atoms with Gasteiger partial charge in [-0.15, -0.1) is 0 Å². The molecule has 1 aromatic heterocycles. The second-order valence-corrected chi connectivity index (χ2v) is 6.29. The number of amides is 1. The molecule has 0 aliphatic rings. The van der Waals surface area contributed by atoms with Crippen LogP contribution in [0.5, 0.6) is 5.75 Å². The number of carbonyl (C=O) groups is 1. The summed E-state index contributed by atoms with van der Waals surface area (Å²) < 4.78 is 7.01. The summed E-state index contributed by atoms with van der Waals surface area (Å²) in [6.07, 6.45) is 0.299. The van der Waals surface area contributed by atoms with Gasteiger partial charge in [-0.1, -0.05) is 29.5 Å². The number of nitrogens with zero attached hydrogens (tertiary/aromatic N) is 2. The van der Waals surface area contributed by atoms with E-state index in [-0.39, 0.29) is 16.8 Å². The zero-order chi connectivity index (χ0) is 17.0. The number of ether oxygens (including phenoxy) is 1. The third-order valence-electron chi connectivity index (χ3n) is 4.09. The van der Waals surface area contributed by atoms with Gasteiger partial charge in [0.05, 0.1) is 13.2 Å². The quantitative estimate of drug-likeness (QED) is 0.816. The van der Waals surface area contributed by atoms with Crippen molar-refractivity contribution in [1.29, 1.82) is 0 Å². The Hall–Kier alpha value is -2.08. The lowest BCUT2D eigenvalue weighted by Crippen LogP contribution is -2.31. The minimum atomic E-state index is -0.0982. The summed E-state index contributed by atoms with van der Waals surface area (Å²) in [5, 5.41) is 1.81. The molecular weight excluding hydrogens is 312 g/mol. The number of aromatic nitrogens is 1. The van der Waals surface area contributed by atoms with Gasteiger partial charge >= 0.3 is 4.87 Å². The van der Waals surface area contributed by atoms with Crippen molar-refractivity contribution in [3.05, 3.63) is 50.6 Å². The standard InChI is InChI=1S/C17H22N2O3S/c1-12-11-23-17(21)19(12)10-9-16(20)18(3)13(2)14-7-5-6-8-15(14)22-4/h5-8,11,13H,9-10H2,1-4H3/t13-/m1/s1. The molecule has 6 heteroatoms. The molecule has 1 aromatic carbocycles. The number of hydrogen-bond acceptors (Lipinski definition) is 4. The molecular formula is C17H22N2O3S. The molecule has 1 heterocycles. The number of rotatable bonds is 6. The summed E-state index contributed by atoms with van der Waals surface area (Å²) >= 11 is 1.17. The topological polar surface area (TPSA) is 51.5 Å². The fourth-order valence-corrected chi connectivity index (χ4v) is 3.26. The van der Waals surface area contributed by atoms with Gasteiger partial charge in [-0.3, -0.25) is 9.59 Å². The van der Waals surface area contributed by atoms with E-state index in [0.29, 0.717) is 13.0 Å². The normalized spacial score (nSPS) is 12.0. The van der Waals surface area contributed by atoms with Gasteiger partial charge < -0.3 is 14.2 Å². The van der Waals surface area contributed by atoms with E-state index in [1.165, 1.54) is 11.3 Å². The van der Waals surface area contributed by atoms with Crippen LogP contribution < -0.4 is 9.61 Å². The van der Waals surface area contributed by atoms with Gasteiger partial charge in [0, 0.05) is 36.7 Å². The van der Waals surface area contributed by atoms with E-state index in [2.05, 4.69) is 0 Å². The molecule has 124 valence electrons. The molecule has 0 aliphatic heterocycles. The van der Waals surface area contributed by atoms with Crippen molar-refractivity contribution in [3.8, 4) is 5.75 Å². The smallest absolute Gasteiger partial charge is 0.307 e. The van der Waals surface area contributed by atoms with Crippen molar-refractivity contribution in [2.24, 2.45) is 0 Å². The largest absolute Gasteiger partial charge is 0.496 e. The number of benzene rings is 1. The van der Waals surface area contributed by atoms with Crippen LogP contribution in [0, 0.1) is 6.92 Å². The fourth-order valence-electron chi connectivity index (χ4n) is 2.49. The zero-order valence-electron chi connectivity index (χ0n) is 13.9.